The van der Waals surface area contributed by atoms with Gasteiger partial charge in [0.05, 0.1) is 12.5 Å². The number of nitrogens with two attached hydrogens (primary N) is 1. The van der Waals surface area contributed by atoms with Gasteiger partial charge in [-0.15, -0.1) is 0 Å². The fourth-order valence-electron chi connectivity index (χ4n) is 4.03. The third kappa shape index (κ3) is 4.46. The topological polar surface area (TPSA) is 101 Å². The molecule has 0 radical (unpaired) electrons. The van der Waals surface area contributed by atoms with Crippen LogP contribution in [0.3, 0.4) is 0 Å². The summed E-state index contributed by atoms with van der Waals surface area (Å²) >= 11 is 0. The lowest BCUT2D eigenvalue weighted by atomic mass is 10.00. The van der Waals surface area contributed by atoms with Crippen molar-refractivity contribution in [2.24, 2.45) is 11.7 Å². The predicted molar refractivity (Wildman–Crippen MR) is 119 cm³/mol. The van der Waals surface area contributed by atoms with Gasteiger partial charge in [-0.3, -0.25) is 9.59 Å². The summed E-state index contributed by atoms with van der Waals surface area (Å²) < 4.78 is 5.94. The van der Waals surface area contributed by atoms with Crippen LogP contribution in [0, 0.1) is 12.8 Å². The van der Waals surface area contributed by atoms with Crippen LogP contribution in [0.2, 0.25) is 0 Å². The van der Waals surface area contributed by atoms with Crippen LogP contribution < -0.4 is 11.1 Å². The number of nitrogens with one attached hydrogen (secondary N) is 1. The zero-order valence-corrected chi connectivity index (χ0v) is 18.0. The molecule has 0 bridgehead atoms. The lowest BCUT2D eigenvalue weighted by Gasteiger charge is -2.16. The van der Waals surface area contributed by atoms with Crippen LogP contribution in [-0.2, 0) is 29.0 Å². The highest BCUT2D eigenvalue weighted by Gasteiger charge is 2.23. The molecule has 2 amide bonds. The second-order valence-electron chi connectivity index (χ2n) is 8.21. The molecule has 31 heavy (non-hydrogen) atoms. The minimum atomic E-state index is -0.186. The number of carbonyl (C=O) groups excluding carboxylic acids is 2. The van der Waals surface area contributed by atoms with E-state index in [9.17, 15) is 9.59 Å². The Balaban J connectivity index is 1.38. The van der Waals surface area contributed by atoms with Gasteiger partial charge >= 0.3 is 0 Å². The highest BCUT2D eigenvalue weighted by molar-refractivity contribution is 5.93. The number of fused-ring (bicyclic) bond motifs is 2. The van der Waals surface area contributed by atoms with E-state index in [1.54, 1.807) is 18.1 Å². The summed E-state index contributed by atoms with van der Waals surface area (Å²) in [6.07, 6.45) is 4.17. The first-order valence-corrected chi connectivity index (χ1v) is 10.7. The molecule has 0 saturated carbocycles. The van der Waals surface area contributed by atoms with Crippen LogP contribution in [0.5, 0.6) is 0 Å². The first-order valence-electron chi connectivity index (χ1n) is 10.7. The smallest absolute Gasteiger partial charge is 0.229 e. The Hall–Kier alpha value is -3.19. The number of aromatic nitrogens is 1. The zero-order chi connectivity index (χ0) is 22.0. The Labute approximate surface area is 181 Å². The average molecular weight is 421 g/mol. The van der Waals surface area contributed by atoms with E-state index >= 15 is 0 Å². The van der Waals surface area contributed by atoms with Gasteiger partial charge in [0.1, 0.15) is 17.2 Å². The predicted octanol–water partition coefficient (Wildman–Crippen LogP) is 3.19. The number of para-hydroxylation sites is 1. The summed E-state index contributed by atoms with van der Waals surface area (Å²) in [5.74, 6) is 1.21. The van der Waals surface area contributed by atoms with E-state index in [2.05, 4.69) is 10.3 Å². The zero-order valence-electron chi connectivity index (χ0n) is 18.0. The van der Waals surface area contributed by atoms with E-state index in [-0.39, 0.29) is 17.7 Å². The van der Waals surface area contributed by atoms with Crippen molar-refractivity contribution >= 4 is 28.6 Å². The molecule has 0 aliphatic carbocycles. The molecule has 0 spiro atoms. The van der Waals surface area contributed by atoms with Gasteiger partial charge in [0.2, 0.25) is 11.8 Å². The quantitative estimate of drug-likeness (QED) is 0.638. The highest BCUT2D eigenvalue weighted by atomic mass is 16.3. The van der Waals surface area contributed by atoms with E-state index < -0.39 is 0 Å². The second-order valence-corrected chi connectivity index (χ2v) is 8.21. The minimum Gasteiger partial charge on any atom is -0.459 e. The highest BCUT2D eigenvalue weighted by Crippen LogP contribution is 2.26. The number of aryl methyl sites for hydroxylation is 3. The molecule has 1 aliphatic heterocycles. The molecule has 162 valence electrons. The molecule has 1 unspecified atom stereocenters. The van der Waals surface area contributed by atoms with Crippen LogP contribution in [-0.4, -0.2) is 35.3 Å². The maximum atomic E-state index is 12.7. The molecular formula is C24H28N4O3. The van der Waals surface area contributed by atoms with Crippen molar-refractivity contribution in [3.8, 4) is 0 Å². The third-order valence-corrected chi connectivity index (χ3v) is 6.06. The molecule has 3 heterocycles. The van der Waals surface area contributed by atoms with Crippen LogP contribution in [0.1, 0.15) is 35.3 Å². The van der Waals surface area contributed by atoms with E-state index in [0.29, 0.717) is 38.2 Å². The van der Waals surface area contributed by atoms with E-state index in [4.69, 9.17) is 10.2 Å². The number of pyridine rings is 1. The summed E-state index contributed by atoms with van der Waals surface area (Å²) in [4.78, 5) is 30.9. The standard InChI is InChI=1S/C24H28N4O3/c1-15-19-5-3-4-6-20(19)31-21(15)14-28(2)22(29)10-7-16-11-17-8-9-18(12-25)24(30)27-23(17)26-13-16/h3-6,11,13,18H,7-10,12,14,25H2,1-2H3,(H,26,27,30). The van der Waals surface area contributed by atoms with Crippen LogP contribution in [0.25, 0.3) is 11.0 Å². The number of carbonyl (C=O) groups is 2. The van der Waals surface area contributed by atoms with Crippen molar-refractivity contribution < 1.29 is 14.0 Å². The van der Waals surface area contributed by atoms with Crippen molar-refractivity contribution in [1.29, 1.82) is 0 Å². The molecule has 3 N–H and O–H groups in total. The number of rotatable bonds is 6. The number of nitrogens with zero attached hydrogens (tertiary/aromatic N) is 2. The molecule has 1 atom stereocenters. The Bertz CT molecular complexity index is 1120. The SMILES string of the molecule is Cc1c(CN(C)C(=O)CCc2cnc3c(c2)CCC(CN)C(=O)N3)oc2ccccc12. The van der Waals surface area contributed by atoms with E-state index in [1.165, 1.54) is 0 Å². The van der Waals surface area contributed by atoms with Gasteiger partial charge in [0.15, 0.2) is 0 Å². The fourth-order valence-corrected chi connectivity index (χ4v) is 4.03. The molecule has 7 nitrogen and oxygen atoms in total. The van der Waals surface area contributed by atoms with Gasteiger partial charge < -0.3 is 20.4 Å². The molecule has 1 aliphatic rings. The molecule has 2 aromatic heterocycles. The summed E-state index contributed by atoms with van der Waals surface area (Å²) in [6.45, 7) is 2.79. The molecule has 0 fully saturated rings. The average Bonchev–Trinajstić information content (AvgIpc) is 2.98. The first-order chi connectivity index (χ1) is 15.0. The van der Waals surface area contributed by atoms with Gasteiger partial charge in [0, 0.05) is 37.2 Å². The number of anilines is 1. The van der Waals surface area contributed by atoms with Crippen molar-refractivity contribution in [2.75, 3.05) is 18.9 Å². The van der Waals surface area contributed by atoms with Crippen molar-refractivity contribution in [3.63, 3.8) is 0 Å². The summed E-state index contributed by atoms with van der Waals surface area (Å²) in [6, 6.07) is 9.94. The number of hydrogen-bond donors (Lipinski definition) is 2. The Morgan fingerprint density at radius 1 is 1.35 bits per heavy atom. The maximum absolute atomic E-state index is 12.7. The van der Waals surface area contributed by atoms with E-state index in [1.807, 2.05) is 37.3 Å². The monoisotopic (exact) mass is 420 g/mol. The van der Waals surface area contributed by atoms with Gasteiger partial charge in [-0.1, -0.05) is 24.3 Å². The van der Waals surface area contributed by atoms with Crippen LogP contribution in [0.15, 0.2) is 40.9 Å². The Morgan fingerprint density at radius 3 is 2.94 bits per heavy atom. The van der Waals surface area contributed by atoms with Gasteiger partial charge in [-0.05, 0) is 43.4 Å². The maximum Gasteiger partial charge on any atom is 0.229 e. The van der Waals surface area contributed by atoms with Gasteiger partial charge in [-0.2, -0.15) is 0 Å². The largest absolute Gasteiger partial charge is 0.459 e. The fraction of sp³-hybridized carbons (Fsp3) is 0.375. The van der Waals surface area contributed by atoms with E-state index in [0.717, 1.165) is 39.8 Å². The summed E-state index contributed by atoms with van der Waals surface area (Å²) in [7, 11) is 1.80. The molecule has 7 heteroatoms. The Kier molecular flexibility index (Phi) is 6.04. The molecule has 3 aromatic rings. The first kappa shape index (κ1) is 21.1. The van der Waals surface area contributed by atoms with Gasteiger partial charge in [-0.25, -0.2) is 4.98 Å². The number of furan rings is 1. The Morgan fingerprint density at radius 2 is 2.16 bits per heavy atom. The lowest BCUT2D eigenvalue weighted by molar-refractivity contribution is -0.130. The van der Waals surface area contributed by atoms with Crippen LogP contribution in [0.4, 0.5) is 5.82 Å². The van der Waals surface area contributed by atoms with Crippen molar-refractivity contribution in [2.45, 2.75) is 39.2 Å². The summed E-state index contributed by atoms with van der Waals surface area (Å²) in [5, 5.41) is 3.94. The second kappa shape index (κ2) is 8.89. The minimum absolute atomic E-state index is 0.0475. The lowest BCUT2D eigenvalue weighted by Crippen LogP contribution is -2.28. The molecular weight excluding hydrogens is 392 g/mol. The summed E-state index contributed by atoms with van der Waals surface area (Å²) in [5.41, 5.74) is 9.60. The van der Waals surface area contributed by atoms with Gasteiger partial charge in [0.25, 0.3) is 0 Å². The molecule has 4 rings (SSSR count). The number of amides is 2. The number of benzene rings is 1. The van der Waals surface area contributed by atoms with Crippen LogP contribution >= 0.6 is 0 Å². The third-order valence-electron chi connectivity index (χ3n) is 6.06. The van der Waals surface area contributed by atoms with Crippen molar-refractivity contribution in [3.05, 3.63) is 59.0 Å². The molecule has 1 aromatic carbocycles. The number of hydrogen-bond acceptors (Lipinski definition) is 5. The normalized spacial score (nSPS) is 16.0. The van der Waals surface area contributed by atoms with Crippen molar-refractivity contribution in [1.82, 2.24) is 9.88 Å². The molecule has 0 saturated heterocycles.